The van der Waals surface area contributed by atoms with E-state index in [9.17, 15) is 0 Å². The van der Waals surface area contributed by atoms with E-state index in [4.69, 9.17) is 16.3 Å². The molecule has 2 N–H and O–H groups in total. The van der Waals surface area contributed by atoms with Crippen LogP contribution in [0.4, 0.5) is 5.95 Å². The molecule has 0 aliphatic carbocycles. The molecule has 1 aromatic rings. The maximum Gasteiger partial charge on any atom is 0.202 e. The fourth-order valence-electron chi connectivity index (χ4n) is 1.29. The van der Waals surface area contributed by atoms with Crippen molar-refractivity contribution in [3.8, 4) is 12.1 Å². The lowest BCUT2D eigenvalue weighted by Gasteiger charge is -2.11. The van der Waals surface area contributed by atoms with E-state index in [0.717, 1.165) is 6.42 Å². The molecule has 0 unspecified atom stereocenters. The summed E-state index contributed by atoms with van der Waals surface area (Å²) in [5.74, 6) is 0.642. The van der Waals surface area contributed by atoms with E-state index in [-0.39, 0.29) is 17.3 Å². The molecule has 0 aliphatic rings. The van der Waals surface area contributed by atoms with Crippen LogP contribution in [0.5, 0.6) is 0 Å². The second-order valence-electron chi connectivity index (χ2n) is 3.51. The highest BCUT2D eigenvalue weighted by molar-refractivity contribution is 5.43. The highest BCUT2D eigenvalue weighted by Crippen LogP contribution is 2.15. The zero-order valence-corrected chi connectivity index (χ0v) is 8.86. The van der Waals surface area contributed by atoms with Gasteiger partial charge in [0, 0.05) is 6.54 Å². The molecular weight excluding hydrogens is 190 g/mol. The lowest BCUT2D eigenvalue weighted by Crippen LogP contribution is -2.11. The van der Waals surface area contributed by atoms with Crippen molar-refractivity contribution in [3.05, 3.63) is 11.4 Å². The number of nitrogens with zero attached hydrogens (tertiary/aromatic N) is 4. The third-order valence-electron chi connectivity index (χ3n) is 2.40. The van der Waals surface area contributed by atoms with Gasteiger partial charge in [0.1, 0.15) is 12.1 Å². The Bertz CT molecular complexity index is 432. The molecule has 0 bridgehead atoms. The lowest BCUT2D eigenvalue weighted by molar-refractivity contribution is 0.470. The molecule has 5 heteroatoms. The molecule has 78 valence electrons. The van der Waals surface area contributed by atoms with Crippen LogP contribution in [-0.2, 0) is 6.54 Å². The minimum atomic E-state index is 0.110. The molecule has 1 heterocycles. The van der Waals surface area contributed by atoms with Gasteiger partial charge in [-0.3, -0.25) is 0 Å². The highest BCUT2D eigenvalue weighted by Gasteiger charge is 2.15. The quantitative estimate of drug-likeness (QED) is 0.800. The smallest absolute Gasteiger partial charge is 0.202 e. The van der Waals surface area contributed by atoms with Crippen LogP contribution in [0.15, 0.2) is 0 Å². The van der Waals surface area contributed by atoms with Crippen LogP contribution in [0.1, 0.15) is 31.7 Å². The van der Waals surface area contributed by atoms with Gasteiger partial charge in [-0.25, -0.2) is 4.98 Å². The third kappa shape index (κ3) is 2.08. The lowest BCUT2D eigenvalue weighted by atomic mass is 10.1. The van der Waals surface area contributed by atoms with Crippen LogP contribution in [-0.4, -0.2) is 9.55 Å². The first-order valence-corrected chi connectivity index (χ1v) is 4.80. The van der Waals surface area contributed by atoms with E-state index in [1.807, 2.05) is 12.1 Å². The van der Waals surface area contributed by atoms with E-state index in [0.29, 0.717) is 12.5 Å². The Balaban J connectivity index is 3.13. The van der Waals surface area contributed by atoms with Crippen molar-refractivity contribution in [2.75, 3.05) is 5.73 Å². The number of anilines is 1. The normalized spacial score (nSPS) is 11.7. The molecular formula is C10H13N5. The number of imidazole rings is 1. The monoisotopic (exact) mass is 203 g/mol. The standard InChI is InChI=1S/C10H13N5/c1-3-7(2)6-15-9(5-12)8(4-11)14-10(15)13/h7H,3,6H2,1-2H3,(H2,13,14)/t7-/m1/s1. The average molecular weight is 203 g/mol. The fourth-order valence-corrected chi connectivity index (χ4v) is 1.29. The number of hydrogen-bond acceptors (Lipinski definition) is 4. The molecule has 5 nitrogen and oxygen atoms in total. The van der Waals surface area contributed by atoms with E-state index >= 15 is 0 Å². The van der Waals surface area contributed by atoms with Gasteiger partial charge in [0.25, 0.3) is 0 Å². The van der Waals surface area contributed by atoms with Crippen molar-refractivity contribution in [2.45, 2.75) is 26.8 Å². The summed E-state index contributed by atoms with van der Waals surface area (Å²) in [5, 5.41) is 17.7. The minimum Gasteiger partial charge on any atom is -0.369 e. The third-order valence-corrected chi connectivity index (χ3v) is 2.40. The van der Waals surface area contributed by atoms with E-state index in [1.165, 1.54) is 0 Å². The van der Waals surface area contributed by atoms with Gasteiger partial charge in [-0.2, -0.15) is 10.5 Å². The van der Waals surface area contributed by atoms with Crippen LogP contribution >= 0.6 is 0 Å². The summed E-state index contributed by atoms with van der Waals surface area (Å²) in [6.45, 7) is 4.75. The number of aromatic nitrogens is 2. The molecule has 0 radical (unpaired) electrons. The fraction of sp³-hybridized carbons (Fsp3) is 0.500. The SMILES string of the molecule is CC[C@@H](C)Cn1c(N)nc(C#N)c1C#N. The van der Waals surface area contributed by atoms with Crippen LogP contribution in [0.2, 0.25) is 0 Å². The van der Waals surface area contributed by atoms with E-state index in [2.05, 4.69) is 18.8 Å². The maximum atomic E-state index is 8.91. The van der Waals surface area contributed by atoms with Crippen molar-refractivity contribution in [3.63, 3.8) is 0 Å². The number of nitrogens with two attached hydrogens (primary N) is 1. The highest BCUT2D eigenvalue weighted by atomic mass is 15.2. The van der Waals surface area contributed by atoms with Gasteiger partial charge < -0.3 is 10.3 Å². The first-order valence-electron chi connectivity index (χ1n) is 4.80. The van der Waals surface area contributed by atoms with Crippen molar-refractivity contribution in [1.29, 1.82) is 10.5 Å². The Hall–Kier alpha value is -2.01. The molecule has 0 saturated heterocycles. The first-order chi connectivity index (χ1) is 7.13. The van der Waals surface area contributed by atoms with Crippen LogP contribution in [0, 0.1) is 28.6 Å². The van der Waals surface area contributed by atoms with Gasteiger partial charge in [0.2, 0.25) is 5.95 Å². The van der Waals surface area contributed by atoms with Gasteiger partial charge in [0.05, 0.1) is 0 Å². The largest absolute Gasteiger partial charge is 0.369 e. The van der Waals surface area contributed by atoms with E-state index in [1.54, 1.807) is 4.57 Å². The van der Waals surface area contributed by atoms with Crippen LogP contribution in [0.25, 0.3) is 0 Å². The van der Waals surface area contributed by atoms with Gasteiger partial charge in [0.15, 0.2) is 11.4 Å². The maximum absolute atomic E-state index is 8.91. The van der Waals surface area contributed by atoms with Crippen LogP contribution in [0.3, 0.4) is 0 Å². The number of hydrogen-bond donors (Lipinski definition) is 1. The Morgan fingerprint density at radius 3 is 2.60 bits per heavy atom. The predicted molar refractivity (Wildman–Crippen MR) is 55.5 cm³/mol. The zero-order valence-electron chi connectivity index (χ0n) is 8.86. The number of nitrogen functional groups attached to an aromatic ring is 1. The number of nitriles is 2. The summed E-state index contributed by atoms with van der Waals surface area (Å²) in [6.07, 6.45) is 0.990. The van der Waals surface area contributed by atoms with Gasteiger partial charge in [-0.15, -0.1) is 0 Å². The van der Waals surface area contributed by atoms with Gasteiger partial charge in [-0.1, -0.05) is 20.3 Å². The number of rotatable bonds is 3. The van der Waals surface area contributed by atoms with Crippen molar-refractivity contribution < 1.29 is 0 Å². The second kappa shape index (κ2) is 4.47. The molecule has 1 aromatic heterocycles. The summed E-state index contributed by atoms with van der Waals surface area (Å²) in [5.41, 5.74) is 6.02. The molecule has 0 aliphatic heterocycles. The van der Waals surface area contributed by atoms with Crippen molar-refractivity contribution >= 4 is 5.95 Å². The molecule has 15 heavy (non-hydrogen) atoms. The summed E-state index contributed by atoms with van der Waals surface area (Å²) in [7, 11) is 0. The Morgan fingerprint density at radius 1 is 1.47 bits per heavy atom. The van der Waals surface area contributed by atoms with Crippen molar-refractivity contribution in [1.82, 2.24) is 9.55 Å². The summed E-state index contributed by atoms with van der Waals surface area (Å²) < 4.78 is 1.60. The van der Waals surface area contributed by atoms with Crippen LogP contribution < -0.4 is 5.73 Å². The molecule has 0 saturated carbocycles. The second-order valence-corrected chi connectivity index (χ2v) is 3.51. The molecule has 0 fully saturated rings. The summed E-state index contributed by atoms with van der Waals surface area (Å²) in [6, 6.07) is 3.83. The summed E-state index contributed by atoms with van der Waals surface area (Å²) >= 11 is 0. The molecule has 0 spiro atoms. The zero-order chi connectivity index (χ0) is 11.4. The van der Waals surface area contributed by atoms with Gasteiger partial charge in [-0.05, 0) is 5.92 Å². The molecule has 1 atom stereocenters. The first kappa shape index (κ1) is 11.1. The Morgan fingerprint density at radius 2 is 2.13 bits per heavy atom. The molecule has 0 aromatic carbocycles. The van der Waals surface area contributed by atoms with E-state index < -0.39 is 0 Å². The average Bonchev–Trinajstić information content (AvgIpc) is 2.55. The topological polar surface area (TPSA) is 91.4 Å². The Kier molecular flexibility index (Phi) is 3.30. The van der Waals surface area contributed by atoms with Gasteiger partial charge >= 0.3 is 0 Å². The molecule has 1 rings (SSSR count). The summed E-state index contributed by atoms with van der Waals surface area (Å²) in [4.78, 5) is 3.84. The van der Waals surface area contributed by atoms with Crippen molar-refractivity contribution in [2.24, 2.45) is 5.92 Å². The molecule has 0 amide bonds. The Labute approximate surface area is 88.7 Å². The minimum absolute atomic E-state index is 0.110. The predicted octanol–water partition coefficient (Wildman–Crippen LogP) is 1.25.